The van der Waals surface area contributed by atoms with Crippen molar-refractivity contribution in [3.63, 3.8) is 0 Å². The Morgan fingerprint density at radius 2 is 2.28 bits per heavy atom. The molecule has 18 heavy (non-hydrogen) atoms. The van der Waals surface area contributed by atoms with Gasteiger partial charge in [0.05, 0.1) is 4.88 Å². The Morgan fingerprint density at radius 1 is 1.56 bits per heavy atom. The molecule has 0 aliphatic heterocycles. The van der Waals surface area contributed by atoms with Gasteiger partial charge in [0.2, 0.25) is 0 Å². The molecule has 1 unspecified atom stereocenters. The second-order valence-electron chi connectivity index (χ2n) is 4.04. The molecule has 1 aromatic heterocycles. The van der Waals surface area contributed by atoms with E-state index in [-0.39, 0.29) is 11.9 Å². The average molecular weight is 267 g/mol. The lowest BCUT2D eigenvalue weighted by Gasteiger charge is -2.12. The van der Waals surface area contributed by atoms with Gasteiger partial charge in [0, 0.05) is 12.1 Å². The number of hydrogen-bond acceptors (Lipinski definition) is 3. The number of aliphatic carboxylic acids is 1. The first kappa shape index (κ1) is 14.4. The van der Waals surface area contributed by atoms with Gasteiger partial charge in [-0.15, -0.1) is 11.3 Å². The standard InChI is InChI=1S/C13H17NO3S/c1-3-4-9(2)14-13(17)12-10(7-8-18-12)5-6-11(15)16/h5-9H,3-4H2,1-2H3,(H,14,17)(H,15,16). The van der Waals surface area contributed by atoms with Crippen LogP contribution in [-0.4, -0.2) is 23.0 Å². The number of carbonyl (C=O) groups is 2. The molecular formula is C13H17NO3S. The normalized spacial score (nSPS) is 12.6. The molecule has 1 aromatic rings. The molecule has 2 N–H and O–H groups in total. The van der Waals surface area contributed by atoms with Crippen LogP contribution in [0.25, 0.3) is 6.08 Å². The van der Waals surface area contributed by atoms with Crippen molar-refractivity contribution in [3.8, 4) is 0 Å². The largest absolute Gasteiger partial charge is 0.478 e. The van der Waals surface area contributed by atoms with Gasteiger partial charge in [0.1, 0.15) is 0 Å². The minimum absolute atomic E-state index is 0.126. The quantitative estimate of drug-likeness (QED) is 0.779. The summed E-state index contributed by atoms with van der Waals surface area (Å²) in [6.07, 6.45) is 4.42. The van der Waals surface area contributed by atoms with E-state index in [1.807, 2.05) is 6.92 Å². The van der Waals surface area contributed by atoms with Crippen molar-refractivity contribution >= 4 is 29.3 Å². The van der Waals surface area contributed by atoms with E-state index < -0.39 is 5.97 Å². The van der Waals surface area contributed by atoms with Crippen molar-refractivity contribution in [2.45, 2.75) is 32.7 Å². The van der Waals surface area contributed by atoms with Crippen LogP contribution in [0.4, 0.5) is 0 Å². The van der Waals surface area contributed by atoms with E-state index in [0.29, 0.717) is 10.4 Å². The van der Waals surface area contributed by atoms with Gasteiger partial charge in [-0.2, -0.15) is 0 Å². The first-order valence-corrected chi connectivity index (χ1v) is 6.72. The summed E-state index contributed by atoms with van der Waals surface area (Å²) in [6.45, 7) is 4.02. The van der Waals surface area contributed by atoms with Crippen LogP contribution in [0.1, 0.15) is 41.9 Å². The highest BCUT2D eigenvalue weighted by molar-refractivity contribution is 7.12. The van der Waals surface area contributed by atoms with Crippen molar-refractivity contribution in [2.24, 2.45) is 0 Å². The zero-order chi connectivity index (χ0) is 13.5. The molecule has 1 heterocycles. The lowest BCUT2D eigenvalue weighted by molar-refractivity contribution is -0.131. The van der Waals surface area contributed by atoms with Gasteiger partial charge in [-0.05, 0) is 36.4 Å². The maximum Gasteiger partial charge on any atom is 0.328 e. The molecule has 0 aromatic carbocycles. The van der Waals surface area contributed by atoms with Gasteiger partial charge >= 0.3 is 5.97 Å². The number of carboxylic acid groups (broad SMARTS) is 1. The predicted molar refractivity (Wildman–Crippen MR) is 72.8 cm³/mol. The molecule has 0 aliphatic carbocycles. The third kappa shape index (κ3) is 4.33. The van der Waals surface area contributed by atoms with Crippen molar-refractivity contribution < 1.29 is 14.7 Å². The number of amides is 1. The van der Waals surface area contributed by atoms with Gasteiger partial charge in [-0.3, -0.25) is 4.79 Å². The molecule has 1 amide bonds. The summed E-state index contributed by atoms with van der Waals surface area (Å²) in [5.74, 6) is -1.16. The average Bonchev–Trinajstić information content (AvgIpc) is 2.74. The number of thiophene rings is 1. The summed E-state index contributed by atoms with van der Waals surface area (Å²) in [7, 11) is 0. The predicted octanol–water partition coefficient (Wildman–Crippen LogP) is 2.76. The van der Waals surface area contributed by atoms with E-state index in [0.717, 1.165) is 18.9 Å². The second-order valence-corrected chi connectivity index (χ2v) is 4.96. The summed E-state index contributed by atoms with van der Waals surface area (Å²) >= 11 is 1.31. The van der Waals surface area contributed by atoms with E-state index in [1.165, 1.54) is 17.4 Å². The Bertz CT molecular complexity index is 451. The monoisotopic (exact) mass is 267 g/mol. The SMILES string of the molecule is CCCC(C)NC(=O)c1sccc1C=CC(=O)O. The van der Waals surface area contributed by atoms with Crippen molar-refractivity contribution in [1.82, 2.24) is 5.32 Å². The highest BCUT2D eigenvalue weighted by Crippen LogP contribution is 2.18. The number of carbonyl (C=O) groups excluding carboxylic acids is 1. The van der Waals surface area contributed by atoms with E-state index in [9.17, 15) is 9.59 Å². The lowest BCUT2D eigenvalue weighted by atomic mass is 10.2. The fourth-order valence-corrected chi connectivity index (χ4v) is 2.38. The Labute approximate surface area is 110 Å². The van der Waals surface area contributed by atoms with Crippen LogP contribution >= 0.6 is 11.3 Å². The Balaban J connectivity index is 2.74. The summed E-state index contributed by atoms with van der Waals surface area (Å²) in [5.41, 5.74) is 0.642. The molecule has 4 nitrogen and oxygen atoms in total. The fourth-order valence-electron chi connectivity index (χ4n) is 1.59. The number of rotatable bonds is 6. The van der Waals surface area contributed by atoms with Gasteiger partial charge < -0.3 is 10.4 Å². The topological polar surface area (TPSA) is 66.4 Å². The summed E-state index contributed by atoms with van der Waals surface area (Å²) in [6, 6.07) is 1.87. The molecule has 0 fully saturated rings. The lowest BCUT2D eigenvalue weighted by Crippen LogP contribution is -2.32. The minimum Gasteiger partial charge on any atom is -0.478 e. The number of hydrogen-bond donors (Lipinski definition) is 2. The first-order valence-electron chi connectivity index (χ1n) is 5.84. The van der Waals surface area contributed by atoms with Crippen LogP contribution in [0.15, 0.2) is 17.5 Å². The Morgan fingerprint density at radius 3 is 2.89 bits per heavy atom. The van der Waals surface area contributed by atoms with Crippen LogP contribution in [0.2, 0.25) is 0 Å². The van der Waals surface area contributed by atoms with Gasteiger partial charge in [0.15, 0.2) is 0 Å². The van der Waals surface area contributed by atoms with E-state index in [1.54, 1.807) is 11.4 Å². The molecule has 1 rings (SSSR count). The van der Waals surface area contributed by atoms with E-state index in [4.69, 9.17) is 5.11 Å². The van der Waals surface area contributed by atoms with E-state index in [2.05, 4.69) is 12.2 Å². The smallest absolute Gasteiger partial charge is 0.328 e. The second kappa shape index (κ2) is 6.96. The van der Waals surface area contributed by atoms with Gasteiger partial charge in [-0.1, -0.05) is 13.3 Å². The summed E-state index contributed by atoms with van der Waals surface area (Å²) < 4.78 is 0. The highest BCUT2D eigenvalue weighted by Gasteiger charge is 2.13. The Hall–Kier alpha value is -1.62. The molecule has 0 spiro atoms. The minimum atomic E-state index is -1.02. The molecule has 0 aliphatic rings. The molecule has 0 bridgehead atoms. The zero-order valence-corrected chi connectivity index (χ0v) is 11.3. The maximum absolute atomic E-state index is 12.0. The molecule has 1 atom stereocenters. The van der Waals surface area contributed by atoms with Crippen LogP contribution in [-0.2, 0) is 4.79 Å². The van der Waals surface area contributed by atoms with Gasteiger partial charge in [-0.25, -0.2) is 4.79 Å². The third-order valence-corrected chi connectivity index (χ3v) is 3.34. The van der Waals surface area contributed by atoms with Crippen molar-refractivity contribution in [3.05, 3.63) is 28.0 Å². The molecule has 0 saturated carbocycles. The van der Waals surface area contributed by atoms with Crippen molar-refractivity contribution in [2.75, 3.05) is 0 Å². The van der Waals surface area contributed by atoms with Crippen LogP contribution in [0.3, 0.4) is 0 Å². The van der Waals surface area contributed by atoms with Crippen molar-refractivity contribution in [1.29, 1.82) is 0 Å². The van der Waals surface area contributed by atoms with Crippen LogP contribution in [0.5, 0.6) is 0 Å². The number of nitrogens with one attached hydrogen (secondary N) is 1. The molecule has 0 saturated heterocycles. The fraction of sp³-hybridized carbons (Fsp3) is 0.385. The zero-order valence-electron chi connectivity index (χ0n) is 10.5. The number of carboxylic acids is 1. The highest BCUT2D eigenvalue weighted by atomic mass is 32.1. The van der Waals surface area contributed by atoms with E-state index >= 15 is 0 Å². The molecular weight excluding hydrogens is 250 g/mol. The van der Waals surface area contributed by atoms with Gasteiger partial charge in [0.25, 0.3) is 5.91 Å². The van der Waals surface area contributed by atoms with Crippen LogP contribution < -0.4 is 5.32 Å². The summed E-state index contributed by atoms with van der Waals surface area (Å²) in [4.78, 5) is 23.0. The first-order chi connectivity index (χ1) is 8.54. The molecule has 5 heteroatoms. The molecule has 0 radical (unpaired) electrons. The Kier molecular flexibility index (Phi) is 5.58. The summed E-state index contributed by atoms with van der Waals surface area (Å²) in [5, 5.41) is 13.3. The molecule has 98 valence electrons. The van der Waals surface area contributed by atoms with Crippen LogP contribution in [0, 0.1) is 0 Å². The maximum atomic E-state index is 12.0. The third-order valence-electron chi connectivity index (χ3n) is 2.41.